The maximum Gasteiger partial charge on any atom is 0.373 e. The van der Waals surface area contributed by atoms with E-state index in [4.69, 9.17) is 4.74 Å². The highest BCUT2D eigenvalue weighted by Crippen LogP contribution is 2.34. The predicted molar refractivity (Wildman–Crippen MR) is 98.2 cm³/mol. The van der Waals surface area contributed by atoms with Gasteiger partial charge in [-0.05, 0) is 30.7 Å². The van der Waals surface area contributed by atoms with Crippen LogP contribution in [0.3, 0.4) is 0 Å². The third-order valence-corrected chi connectivity index (χ3v) is 3.97. The smallest absolute Gasteiger partial charge is 0.373 e. The zero-order valence-electron chi connectivity index (χ0n) is 13.6. The number of nitro groups is 1. The zero-order valence-corrected chi connectivity index (χ0v) is 15.2. The van der Waals surface area contributed by atoms with Crippen molar-refractivity contribution in [2.24, 2.45) is 0 Å². The molecule has 9 nitrogen and oxygen atoms in total. The van der Waals surface area contributed by atoms with Gasteiger partial charge in [0.2, 0.25) is 5.82 Å². The summed E-state index contributed by atoms with van der Waals surface area (Å²) < 4.78 is 8.37. The molecule has 2 aromatic heterocycles. The van der Waals surface area contributed by atoms with E-state index in [1.807, 2.05) is 10.8 Å². The van der Waals surface area contributed by atoms with Crippen molar-refractivity contribution in [3.8, 4) is 11.6 Å². The molecule has 1 aromatic carbocycles. The van der Waals surface area contributed by atoms with E-state index in [2.05, 4.69) is 36.2 Å². The van der Waals surface area contributed by atoms with Crippen LogP contribution < -0.4 is 10.1 Å². The number of nitrogens with one attached hydrogen (secondary N) is 1. The van der Waals surface area contributed by atoms with Gasteiger partial charge in [-0.2, -0.15) is 4.98 Å². The van der Waals surface area contributed by atoms with Gasteiger partial charge in [-0.25, -0.2) is 9.97 Å². The SMILES string of the molecule is O=[N+]([O-])c1c(NCCCn2ccnc2)ncnc1Oc1ccc(Br)cc1. The van der Waals surface area contributed by atoms with E-state index < -0.39 is 4.92 Å². The van der Waals surface area contributed by atoms with Crippen LogP contribution in [-0.2, 0) is 6.54 Å². The molecule has 0 aliphatic carbocycles. The first-order valence-corrected chi connectivity index (χ1v) is 8.55. The van der Waals surface area contributed by atoms with Crippen molar-refractivity contribution >= 4 is 27.4 Å². The van der Waals surface area contributed by atoms with Crippen molar-refractivity contribution in [1.82, 2.24) is 19.5 Å². The maximum atomic E-state index is 11.5. The van der Waals surface area contributed by atoms with Gasteiger partial charge < -0.3 is 14.6 Å². The third-order valence-electron chi connectivity index (χ3n) is 3.44. The van der Waals surface area contributed by atoms with Crippen LogP contribution >= 0.6 is 15.9 Å². The number of aryl methyl sites for hydroxylation is 1. The molecule has 0 saturated carbocycles. The van der Waals surface area contributed by atoms with Crippen LogP contribution in [0.15, 0.2) is 53.8 Å². The fraction of sp³-hybridized carbons (Fsp3) is 0.188. The standard InChI is InChI=1S/C16H15BrN6O3/c17-12-2-4-13(5-3-12)26-16-14(23(24)25)15(20-10-21-16)19-6-1-8-22-9-7-18-11-22/h2-5,7,9-11H,1,6,8H2,(H,19,20,21). The van der Waals surface area contributed by atoms with Gasteiger partial charge in [-0.15, -0.1) is 0 Å². The molecule has 10 heteroatoms. The van der Waals surface area contributed by atoms with Crippen molar-refractivity contribution in [2.75, 3.05) is 11.9 Å². The molecular formula is C16H15BrN6O3. The second-order valence-corrected chi connectivity index (χ2v) is 6.19. The lowest BCUT2D eigenvalue weighted by Gasteiger charge is -2.09. The van der Waals surface area contributed by atoms with Crippen molar-refractivity contribution in [1.29, 1.82) is 0 Å². The fourth-order valence-electron chi connectivity index (χ4n) is 2.23. The summed E-state index contributed by atoms with van der Waals surface area (Å²) in [4.78, 5) is 22.8. The lowest BCUT2D eigenvalue weighted by molar-refractivity contribution is -0.385. The summed E-state index contributed by atoms with van der Waals surface area (Å²) >= 11 is 3.32. The summed E-state index contributed by atoms with van der Waals surface area (Å²) in [6.07, 6.45) is 7.27. The first-order valence-electron chi connectivity index (χ1n) is 7.76. The van der Waals surface area contributed by atoms with Crippen molar-refractivity contribution in [3.63, 3.8) is 0 Å². The molecule has 26 heavy (non-hydrogen) atoms. The van der Waals surface area contributed by atoms with E-state index in [0.717, 1.165) is 17.4 Å². The average molecular weight is 419 g/mol. The number of hydrogen-bond acceptors (Lipinski definition) is 7. The second kappa shape index (κ2) is 8.39. The number of nitrogens with zero attached hydrogens (tertiary/aromatic N) is 5. The van der Waals surface area contributed by atoms with Gasteiger partial charge in [-0.1, -0.05) is 15.9 Å². The molecule has 3 rings (SSSR count). The minimum absolute atomic E-state index is 0.107. The zero-order chi connectivity index (χ0) is 18.4. The van der Waals surface area contributed by atoms with Gasteiger partial charge >= 0.3 is 11.6 Å². The fourth-order valence-corrected chi connectivity index (χ4v) is 2.50. The van der Waals surface area contributed by atoms with Gasteiger partial charge in [0, 0.05) is 30.0 Å². The Kier molecular flexibility index (Phi) is 5.74. The highest BCUT2D eigenvalue weighted by molar-refractivity contribution is 9.10. The number of rotatable bonds is 8. The first-order chi connectivity index (χ1) is 12.6. The number of halogens is 1. The number of hydrogen-bond donors (Lipinski definition) is 1. The molecule has 1 N–H and O–H groups in total. The minimum Gasteiger partial charge on any atom is -0.434 e. The Hall–Kier alpha value is -3.01. The van der Waals surface area contributed by atoms with Crippen molar-refractivity contribution in [3.05, 3.63) is 63.9 Å². The normalized spacial score (nSPS) is 10.5. The van der Waals surface area contributed by atoms with E-state index in [1.165, 1.54) is 6.33 Å². The molecule has 0 bridgehead atoms. The van der Waals surface area contributed by atoms with Crippen LogP contribution in [0.2, 0.25) is 0 Å². The number of ether oxygens (including phenoxy) is 1. The average Bonchev–Trinajstić information content (AvgIpc) is 3.14. The Morgan fingerprint density at radius 2 is 2.08 bits per heavy atom. The summed E-state index contributed by atoms with van der Waals surface area (Å²) in [5, 5.41) is 14.5. The van der Waals surface area contributed by atoms with Gasteiger partial charge in [0.15, 0.2) is 0 Å². The molecule has 0 unspecified atom stereocenters. The van der Waals surface area contributed by atoms with Crippen molar-refractivity contribution < 1.29 is 9.66 Å². The Morgan fingerprint density at radius 3 is 2.77 bits per heavy atom. The number of imidazole rings is 1. The largest absolute Gasteiger partial charge is 0.434 e. The molecule has 0 amide bonds. The molecule has 0 saturated heterocycles. The Morgan fingerprint density at radius 1 is 1.27 bits per heavy atom. The Labute approximate surface area is 157 Å². The molecule has 0 aliphatic rings. The molecule has 0 atom stereocenters. The molecular weight excluding hydrogens is 404 g/mol. The predicted octanol–water partition coefficient (Wildman–Crippen LogP) is 3.64. The van der Waals surface area contributed by atoms with Crippen molar-refractivity contribution in [2.45, 2.75) is 13.0 Å². The van der Waals surface area contributed by atoms with Gasteiger partial charge in [0.05, 0.1) is 11.3 Å². The molecule has 3 aromatic rings. The molecule has 0 spiro atoms. The molecule has 0 aliphatic heterocycles. The van der Waals surface area contributed by atoms with Crippen LogP contribution in [0.5, 0.6) is 11.6 Å². The van der Waals surface area contributed by atoms with Crippen LogP contribution in [0.4, 0.5) is 11.5 Å². The lowest BCUT2D eigenvalue weighted by Crippen LogP contribution is -2.10. The van der Waals surface area contributed by atoms with Crippen LogP contribution in [0.25, 0.3) is 0 Å². The van der Waals surface area contributed by atoms with E-state index >= 15 is 0 Å². The second-order valence-electron chi connectivity index (χ2n) is 5.27. The highest BCUT2D eigenvalue weighted by Gasteiger charge is 2.24. The summed E-state index contributed by atoms with van der Waals surface area (Å²) in [7, 11) is 0. The van der Waals surface area contributed by atoms with Gasteiger partial charge in [-0.3, -0.25) is 10.1 Å². The van der Waals surface area contributed by atoms with Gasteiger partial charge in [0.25, 0.3) is 0 Å². The summed E-state index contributed by atoms with van der Waals surface area (Å²) in [5.74, 6) is 0.466. The van der Waals surface area contributed by atoms with E-state index in [0.29, 0.717) is 12.3 Å². The maximum absolute atomic E-state index is 11.5. The Balaban J connectivity index is 1.70. The Bertz CT molecular complexity index is 870. The van der Waals surface area contributed by atoms with E-state index in [9.17, 15) is 10.1 Å². The summed E-state index contributed by atoms with van der Waals surface area (Å²) in [5.41, 5.74) is -0.293. The number of anilines is 1. The number of benzene rings is 1. The number of aromatic nitrogens is 4. The van der Waals surface area contributed by atoms with E-state index in [-0.39, 0.29) is 17.4 Å². The highest BCUT2D eigenvalue weighted by atomic mass is 79.9. The topological polar surface area (TPSA) is 108 Å². The molecule has 0 fully saturated rings. The molecule has 2 heterocycles. The lowest BCUT2D eigenvalue weighted by atomic mass is 10.3. The monoisotopic (exact) mass is 418 g/mol. The summed E-state index contributed by atoms with van der Waals surface area (Å²) in [6.45, 7) is 1.25. The molecule has 134 valence electrons. The summed E-state index contributed by atoms with van der Waals surface area (Å²) in [6, 6.07) is 6.93. The quantitative estimate of drug-likeness (QED) is 0.337. The van der Waals surface area contributed by atoms with Crippen LogP contribution in [0.1, 0.15) is 6.42 Å². The van der Waals surface area contributed by atoms with Crippen LogP contribution in [0, 0.1) is 10.1 Å². The third kappa shape index (κ3) is 4.54. The van der Waals surface area contributed by atoms with Crippen LogP contribution in [-0.4, -0.2) is 31.0 Å². The van der Waals surface area contributed by atoms with E-state index in [1.54, 1.807) is 36.8 Å². The molecule has 0 radical (unpaired) electrons. The van der Waals surface area contributed by atoms with Gasteiger partial charge in [0.1, 0.15) is 12.1 Å². The minimum atomic E-state index is -0.549. The first kappa shape index (κ1) is 17.8.